The standard InChI is InChI=1S/C7H9F7OS/c8-5(6(9,10)11,7(12,13)14)1-3-16-4-2-15/h15H,1-4H2. The Bertz CT molecular complexity index is 198. The zero-order valence-electron chi connectivity index (χ0n) is 7.83. The summed E-state index contributed by atoms with van der Waals surface area (Å²) in [5.74, 6) is -0.706. The number of hydrogen-bond acceptors (Lipinski definition) is 2. The summed E-state index contributed by atoms with van der Waals surface area (Å²) < 4.78 is 84.6. The van der Waals surface area contributed by atoms with Crippen LogP contribution in [-0.4, -0.2) is 41.2 Å². The predicted molar refractivity (Wildman–Crippen MR) is 45.0 cm³/mol. The number of alkyl halides is 7. The summed E-state index contributed by atoms with van der Waals surface area (Å²) in [7, 11) is 0. The van der Waals surface area contributed by atoms with Gasteiger partial charge in [-0.15, -0.1) is 0 Å². The van der Waals surface area contributed by atoms with Crippen LogP contribution in [0.4, 0.5) is 30.7 Å². The third kappa shape index (κ3) is 3.69. The molecule has 9 heteroatoms. The van der Waals surface area contributed by atoms with Crippen LogP contribution >= 0.6 is 11.8 Å². The van der Waals surface area contributed by atoms with Crippen LogP contribution in [0, 0.1) is 0 Å². The predicted octanol–water partition coefficient (Wildman–Crippen LogP) is 2.93. The Hall–Kier alpha value is -0.180. The molecule has 0 unspecified atom stereocenters. The molecule has 16 heavy (non-hydrogen) atoms. The van der Waals surface area contributed by atoms with Crippen LogP contribution in [0.5, 0.6) is 0 Å². The first-order valence-electron chi connectivity index (χ1n) is 4.07. The zero-order valence-corrected chi connectivity index (χ0v) is 8.65. The largest absolute Gasteiger partial charge is 0.431 e. The van der Waals surface area contributed by atoms with Gasteiger partial charge in [0.15, 0.2) is 0 Å². The zero-order chi connectivity index (χ0) is 13.0. The Morgan fingerprint density at radius 1 is 0.812 bits per heavy atom. The Morgan fingerprint density at radius 2 is 1.25 bits per heavy atom. The number of aliphatic hydroxyl groups excluding tert-OH is 1. The number of thioether (sulfide) groups is 1. The van der Waals surface area contributed by atoms with Crippen LogP contribution in [0.15, 0.2) is 0 Å². The van der Waals surface area contributed by atoms with E-state index in [-0.39, 0.29) is 12.4 Å². The fourth-order valence-corrected chi connectivity index (χ4v) is 1.58. The maximum absolute atomic E-state index is 12.9. The fourth-order valence-electron chi connectivity index (χ4n) is 0.824. The van der Waals surface area contributed by atoms with Crippen LogP contribution in [0.25, 0.3) is 0 Å². The lowest BCUT2D eigenvalue weighted by Gasteiger charge is -2.29. The molecule has 0 heterocycles. The van der Waals surface area contributed by atoms with Crippen LogP contribution in [0.1, 0.15) is 6.42 Å². The minimum absolute atomic E-state index is 0.0359. The summed E-state index contributed by atoms with van der Waals surface area (Å²) in [6.45, 7) is -0.387. The molecule has 0 aliphatic rings. The third-order valence-electron chi connectivity index (χ3n) is 1.73. The van der Waals surface area contributed by atoms with E-state index in [0.29, 0.717) is 11.8 Å². The Kier molecular flexibility index (Phi) is 5.37. The Morgan fingerprint density at radius 3 is 1.56 bits per heavy atom. The highest BCUT2D eigenvalue weighted by atomic mass is 32.2. The van der Waals surface area contributed by atoms with Crippen molar-refractivity contribution in [2.75, 3.05) is 18.1 Å². The topological polar surface area (TPSA) is 20.2 Å². The van der Waals surface area contributed by atoms with E-state index < -0.39 is 30.2 Å². The molecule has 0 spiro atoms. The second-order valence-corrected chi connectivity index (χ2v) is 4.11. The maximum atomic E-state index is 12.9. The number of hydrogen-bond donors (Lipinski definition) is 1. The lowest BCUT2D eigenvalue weighted by atomic mass is 10.0. The van der Waals surface area contributed by atoms with Crippen molar-refractivity contribution >= 4 is 11.8 Å². The summed E-state index contributed by atoms with van der Waals surface area (Å²) >= 11 is 0.622. The molecule has 0 fully saturated rings. The van der Waals surface area contributed by atoms with Crippen LogP contribution < -0.4 is 0 Å². The monoisotopic (exact) mass is 274 g/mol. The number of halogens is 7. The van der Waals surface area contributed by atoms with Gasteiger partial charge in [0.1, 0.15) is 0 Å². The first-order valence-corrected chi connectivity index (χ1v) is 5.22. The van der Waals surface area contributed by atoms with Crippen molar-refractivity contribution in [2.45, 2.75) is 24.4 Å². The van der Waals surface area contributed by atoms with Crippen molar-refractivity contribution < 1.29 is 35.8 Å². The van der Waals surface area contributed by atoms with Crippen molar-refractivity contribution in [2.24, 2.45) is 0 Å². The Labute approximate surface area is 91.0 Å². The van der Waals surface area contributed by atoms with E-state index in [1.807, 2.05) is 0 Å². The van der Waals surface area contributed by atoms with E-state index in [9.17, 15) is 30.7 Å². The van der Waals surface area contributed by atoms with Gasteiger partial charge in [0.2, 0.25) is 0 Å². The molecule has 0 aliphatic carbocycles. The van der Waals surface area contributed by atoms with Crippen molar-refractivity contribution in [3.8, 4) is 0 Å². The average molecular weight is 274 g/mol. The van der Waals surface area contributed by atoms with Gasteiger partial charge in [-0.3, -0.25) is 0 Å². The van der Waals surface area contributed by atoms with E-state index in [4.69, 9.17) is 5.11 Å². The SMILES string of the molecule is OCCSCCC(F)(C(F)(F)F)C(F)(F)F. The molecule has 98 valence electrons. The van der Waals surface area contributed by atoms with E-state index in [1.54, 1.807) is 0 Å². The molecule has 0 saturated carbocycles. The van der Waals surface area contributed by atoms with Gasteiger partial charge in [0.25, 0.3) is 5.67 Å². The summed E-state index contributed by atoms with van der Waals surface area (Å²) in [5, 5.41) is 8.26. The maximum Gasteiger partial charge on any atom is 0.431 e. The Balaban J connectivity index is 4.59. The van der Waals surface area contributed by atoms with Crippen LogP contribution in [-0.2, 0) is 0 Å². The van der Waals surface area contributed by atoms with Gasteiger partial charge in [-0.05, 0) is 5.75 Å². The van der Waals surface area contributed by atoms with Gasteiger partial charge in [-0.25, -0.2) is 4.39 Å². The molecule has 0 aliphatic heterocycles. The minimum Gasteiger partial charge on any atom is -0.396 e. The van der Waals surface area contributed by atoms with Crippen molar-refractivity contribution in [3.63, 3.8) is 0 Å². The highest BCUT2D eigenvalue weighted by Gasteiger charge is 2.71. The van der Waals surface area contributed by atoms with Crippen molar-refractivity contribution in [3.05, 3.63) is 0 Å². The molecule has 0 atom stereocenters. The van der Waals surface area contributed by atoms with Crippen LogP contribution in [0.3, 0.4) is 0 Å². The van der Waals surface area contributed by atoms with Gasteiger partial charge in [-0.1, -0.05) is 0 Å². The summed E-state index contributed by atoms with van der Waals surface area (Å²) in [4.78, 5) is 0. The molecule has 0 bridgehead atoms. The van der Waals surface area contributed by atoms with E-state index in [0.717, 1.165) is 0 Å². The molecular formula is C7H9F7OS. The summed E-state index contributed by atoms with van der Waals surface area (Å²) in [5.41, 5.74) is -5.18. The highest BCUT2D eigenvalue weighted by Crippen LogP contribution is 2.48. The molecule has 0 aromatic carbocycles. The summed E-state index contributed by atoms with van der Waals surface area (Å²) in [6, 6.07) is 0. The molecule has 1 nitrogen and oxygen atoms in total. The molecule has 1 N–H and O–H groups in total. The summed E-state index contributed by atoms with van der Waals surface area (Å²) in [6.07, 6.45) is -13.7. The van der Waals surface area contributed by atoms with Gasteiger partial charge >= 0.3 is 12.4 Å². The number of rotatable bonds is 5. The van der Waals surface area contributed by atoms with Crippen molar-refractivity contribution in [1.29, 1.82) is 0 Å². The number of aliphatic hydroxyl groups is 1. The van der Waals surface area contributed by atoms with Crippen molar-refractivity contribution in [1.82, 2.24) is 0 Å². The van der Waals surface area contributed by atoms with Gasteiger partial charge in [0.05, 0.1) is 6.61 Å². The molecular weight excluding hydrogens is 265 g/mol. The molecule has 0 aromatic rings. The second-order valence-electron chi connectivity index (χ2n) is 2.88. The highest BCUT2D eigenvalue weighted by molar-refractivity contribution is 7.99. The molecule has 0 saturated heterocycles. The lowest BCUT2D eigenvalue weighted by molar-refractivity contribution is -0.341. The van der Waals surface area contributed by atoms with E-state index >= 15 is 0 Å². The first-order chi connectivity index (χ1) is 7.06. The smallest absolute Gasteiger partial charge is 0.396 e. The minimum atomic E-state index is -5.98. The first kappa shape index (κ1) is 15.8. The average Bonchev–Trinajstić information content (AvgIpc) is 2.08. The fraction of sp³-hybridized carbons (Fsp3) is 1.00. The quantitative estimate of drug-likeness (QED) is 0.614. The van der Waals surface area contributed by atoms with Gasteiger partial charge in [0, 0.05) is 12.2 Å². The van der Waals surface area contributed by atoms with E-state index in [2.05, 4.69) is 0 Å². The molecule has 0 aromatic heterocycles. The van der Waals surface area contributed by atoms with Gasteiger partial charge in [-0.2, -0.15) is 38.1 Å². The lowest BCUT2D eigenvalue weighted by Crippen LogP contribution is -2.53. The molecule has 0 amide bonds. The van der Waals surface area contributed by atoms with E-state index in [1.165, 1.54) is 0 Å². The molecule has 0 rings (SSSR count). The molecule has 0 radical (unpaired) electrons. The third-order valence-corrected chi connectivity index (χ3v) is 2.69. The van der Waals surface area contributed by atoms with Gasteiger partial charge < -0.3 is 5.11 Å². The normalized spacial score (nSPS) is 14.2. The van der Waals surface area contributed by atoms with Crippen LogP contribution in [0.2, 0.25) is 0 Å². The second kappa shape index (κ2) is 5.44.